The number of pyridine rings is 1. The fraction of sp³-hybridized carbons (Fsp3) is 0.400. The van der Waals surface area contributed by atoms with E-state index in [4.69, 9.17) is 5.11 Å². The van der Waals surface area contributed by atoms with Crippen LogP contribution < -0.4 is 4.90 Å². The predicted octanol–water partition coefficient (Wildman–Crippen LogP) is 1.19. The van der Waals surface area contributed by atoms with E-state index in [1.807, 2.05) is 0 Å². The fourth-order valence-electron chi connectivity index (χ4n) is 1.71. The van der Waals surface area contributed by atoms with Gasteiger partial charge in [0, 0.05) is 37.4 Å². The highest BCUT2D eigenvalue weighted by Gasteiger charge is 2.29. The van der Waals surface area contributed by atoms with Gasteiger partial charge in [0.2, 0.25) is 5.91 Å². The number of aliphatic hydroxyl groups is 1. The van der Waals surface area contributed by atoms with Gasteiger partial charge in [-0.25, -0.2) is 4.98 Å². The van der Waals surface area contributed by atoms with Crippen LogP contribution >= 0.6 is 15.9 Å². The van der Waals surface area contributed by atoms with Gasteiger partial charge >= 0.3 is 0 Å². The maximum Gasteiger partial charge on any atom is 0.227 e. The first-order chi connectivity index (χ1) is 7.20. The minimum absolute atomic E-state index is 0.0597. The average molecular weight is 271 g/mol. The van der Waals surface area contributed by atoms with Crippen molar-refractivity contribution in [3.8, 4) is 0 Å². The number of aliphatic hydroxyl groups excluding tert-OH is 1. The van der Waals surface area contributed by atoms with Gasteiger partial charge in [-0.3, -0.25) is 4.79 Å². The van der Waals surface area contributed by atoms with Crippen molar-refractivity contribution in [3.05, 3.63) is 22.9 Å². The third-order valence-corrected chi connectivity index (χ3v) is 2.92. The summed E-state index contributed by atoms with van der Waals surface area (Å²) in [5.74, 6) is 0.122. The molecule has 0 aliphatic carbocycles. The Labute approximate surface area is 96.1 Å². The van der Waals surface area contributed by atoms with Crippen LogP contribution in [0.15, 0.2) is 22.9 Å². The first kappa shape index (κ1) is 10.6. The molecule has 2 rings (SSSR count). The molecule has 1 aliphatic rings. The van der Waals surface area contributed by atoms with Gasteiger partial charge in [-0.05, 0) is 28.1 Å². The molecule has 80 valence electrons. The van der Waals surface area contributed by atoms with E-state index in [0.29, 0.717) is 17.6 Å². The van der Waals surface area contributed by atoms with E-state index in [0.717, 1.165) is 5.69 Å². The molecule has 0 saturated carbocycles. The summed E-state index contributed by atoms with van der Waals surface area (Å²) in [5.41, 5.74) is 0.831. The monoisotopic (exact) mass is 270 g/mol. The van der Waals surface area contributed by atoms with Crippen LogP contribution in [0.25, 0.3) is 0 Å². The highest BCUT2D eigenvalue weighted by Crippen LogP contribution is 2.25. The third kappa shape index (κ3) is 2.18. The number of amides is 1. The molecule has 0 bridgehead atoms. The van der Waals surface area contributed by atoms with Gasteiger partial charge in [0.25, 0.3) is 0 Å². The Morgan fingerprint density at radius 3 is 3.07 bits per heavy atom. The van der Waals surface area contributed by atoms with Gasteiger partial charge in [0.1, 0.15) is 4.60 Å². The van der Waals surface area contributed by atoms with Crippen LogP contribution in [0.1, 0.15) is 6.42 Å². The summed E-state index contributed by atoms with van der Waals surface area (Å²) in [6.07, 6.45) is 2.08. The van der Waals surface area contributed by atoms with E-state index < -0.39 is 0 Å². The maximum atomic E-state index is 11.6. The summed E-state index contributed by atoms with van der Waals surface area (Å²) in [6.45, 7) is 0.653. The number of carbonyl (C=O) groups is 1. The van der Waals surface area contributed by atoms with Gasteiger partial charge in [-0.1, -0.05) is 0 Å². The van der Waals surface area contributed by atoms with Crippen LogP contribution in [0.5, 0.6) is 0 Å². The van der Waals surface area contributed by atoms with Crippen molar-refractivity contribution in [3.63, 3.8) is 0 Å². The zero-order valence-electron chi connectivity index (χ0n) is 8.06. The lowest BCUT2D eigenvalue weighted by Crippen LogP contribution is -2.24. The van der Waals surface area contributed by atoms with E-state index in [2.05, 4.69) is 20.9 Å². The molecule has 5 heteroatoms. The Bertz CT molecular complexity index is 383. The summed E-state index contributed by atoms with van der Waals surface area (Å²) in [6, 6.07) is 3.60. The molecule has 0 aromatic carbocycles. The molecule has 1 N–H and O–H groups in total. The van der Waals surface area contributed by atoms with Crippen LogP contribution in [0, 0.1) is 5.92 Å². The Balaban J connectivity index is 2.21. The molecule has 1 saturated heterocycles. The highest BCUT2D eigenvalue weighted by atomic mass is 79.9. The zero-order valence-corrected chi connectivity index (χ0v) is 9.64. The molecule has 0 radical (unpaired) electrons. The molecule has 1 aromatic heterocycles. The second-order valence-electron chi connectivity index (χ2n) is 3.59. The molecule has 2 heterocycles. The van der Waals surface area contributed by atoms with Gasteiger partial charge in [0.05, 0.1) is 0 Å². The van der Waals surface area contributed by atoms with Crippen LogP contribution in [0.3, 0.4) is 0 Å². The first-order valence-electron chi connectivity index (χ1n) is 4.73. The minimum Gasteiger partial charge on any atom is -0.396 e. The van der Waals surface area contributed by atoms with Crippen molar-refractivity contribution in [2.75, 3.05) is 18.1 Å². The summed E-state index contributed by atoms with van der Waals surface area (Å²) in [7, 11) is 0. The van der Waals surface area contributed by atoms with Crippen molar-refractivity contribution >= 4 is 27.5 Å². The number of rotatable bonds is 2. The topological polar surface area (TPSA) is 53.4 Å². The molecule has 1 amide bonds. The number of anilines is 1. The van der Waals surface area contributed by atoms with Crippen LogP contribution in [-0.4, -0.2) is 29.1 Å². The third-order valence-electron chi connectivity index (χ3n) is 2.49. The SMILES string of the molecule is O=C1CC(CO)CN1c1ccnc(Br)c1. The van der Waals surface area contributed by atoms with Gasteiger partial charge in [0.15, 0.2) is 0 Å². The van der Waals surface area contributed by atoms with Crippen LogP contribution in [0.4, 0.5) is 5.69 Å². The quantitative estimate of drug-likeness (QED) is 0.822. The van der Waals surface area contributed by atoms with Gasteiger partial charge in [-0.15, -0.1) is 0 Å². The van der Waals surface area contributed by atoms with E-state index >= 15 is 0 Å². The lowest BCUT2D eigenvalue weighted by molar-refractivity contribution is -0.117. The van der Waals surface area contributed by atoms with Crippen molar-refractivity contribution in [2.45, 2.75) is 6.42 Å². The normalized spacial score (nSPS) is 21.1. The number of halogens is 1. The Morgan fingerprint density at radius 2 is 2.47 bits per heavy atom. The molecule has 1 fully saturated rings. The summed E-state index contributed by atoms with van der Waals surface area (Å²) in [5, 5.41) is 9.00. The molecular formula is C10H11BrN2O2. The predicted molar refractivity (Wildman–Crippen MR) is 59.5 cm³/mol. The molecule has 4 nitrogen and oxygen atoms in total. The van der Waals surface area contributed by atoms with Gasteiger partial charge in [-0.2, -0.15) is 0 Å². The van der Waals surface area contributed by atoms with Crippen molar-refractivity contribution in [1.29, 1.82) is 0 Å². The number of hydrogen-bond acceptors (Lipinski definition) is 3. The molecule has 1 unspecified atom stereocenters. The smallest absolute Gasteiger partial charge is 0.227 e. The van der Waals surface area contributed by atoms with Gasteiger partial charge < -0.3 is 10.0 Å². The molecule has 15 heavy (non-hydrogen) atoms. The maximum absolute atomic E-state index is 11.6. The first-order valence-corrected chi connectivity index (χ1v) is 5.53. The standard InChI is InChI=1S/C10H11BrN2O2/c11-9-4-8(1-2-12-9)13-5-7(6-14)3-10(13)15/h1-2,4,7,14H,3,5-6H2. The lowest BCUT2D eigenvalue weighted by Gasteiger charge is -2.16. The molecule has 1 aromatic rings. The number of hydrogen-bond donors (Lipinski definition) is 1. The second-order valence-corrected chi connectivity index (χ2v) is 4.41. The summed E-state index contributed by atoms with van der Waals surface area (Å²) >= 11 is 3.26. The van der Waals surface area contributed by atoms with E-state index in [-0.39, 0.29) is 18.4 Å². The summed E-state index contributed by atoms with van der Waals surface area (Å²) in [4.78, 5) is 17.3. The number of carbonyl (C=O) groups excluding carboxylic acids is 1. The highest BCUT2D eigenvalue weighted by molar-refractivity contribution is 9.10. The molecular weight excluding hydrogens is 260 g/mol. The van der Waals surface area contributed by atoms with E-state index in [9.17, 15) is 4.79 Å². The fourth-order valence-corrected chi connectivity index (χ4v) is 2.07. The molecule has 1 atom stereocenters. The molecule has 1 aliphatic heterocycles. The van der Waals surface area contributed by atoms with Crippen molar-refractivity contribution in [1.82, 2.24) is 4.98 Å². The van der Waals surface area contributed by atoms with Crippen LogP contribution in [-0.2, 0) is 4.79 Å². The Hall–Kier alpha value is -0.940. The van der Waals surface area contributed by atoms with Crippen molar-refractivity contribution < 1.29 is 9.90 Å². The van der Waals surface area contributed by atoms with Crippen LogP contribution in [0.2, 0.25) is 0 Å². The molecule has 0 spiro atoms. The van der Waals surface area contributed by atoms with E-state index in [1.165, 1.54) is 0 Å². The second kappa shape index (κ2) is 4.28. The Kier molecular flexibility index (Phi) is 3.02. The summed E-state index contributed by atoms with van der Waals surface area (Å²) < 4.78 is 0.709. The average Bonchev–Trinajstić information content (AvgIpc) is 2.60. The Morgan fingerprint density at radius 1 is 1.67 bits per heavy atom. The zero-order chi connectivity index (χ0) is 10.8. The number of aromatic nitrogens is 1. The van der Waals surface area contributed by atoms with Crippen molar-refractivity contribution in [2.24, 2.45) is 5.92 Å². The van der Waals surface area contributed by atoms with E-state index in [1.54, 1.807) is 23.2 Å². The largest absolute Gasteiger partial charge is 0.396 e. The lowest BCUT2D eigenvalue weighted by atomic mass is 10.1. The minimum atomic E-state index is 0.0597. The number of nitrogens with zero attached hydrogens (tertiary/aromatic N) is 2.